The van der Waals surface area contributed by atoms with Crippen LogP contribution < -0.4 is 4.74 Å². The van der Waals surface area contributed by atoms with Crippen LogP contribution in [0.5, 0.6) is 11.5 Å². The van der Waals surface area contributed by atoms with E-state index in [9.17, 15) is 5.11 Å². The fourth-order valence-electron chi connectivity index (χ4n) is 3.58. The van der Waals surface area contributed by atoms with Crippen LogP contribution in [-0.2, 0) is 17.3 Å². The van der Waals surface area contributed by atoms with Crippen LogP contribution in [0.15, 0.2) is 36.6 Å². The Balaban J connectivity index is 2.67. The molecule has 0 spiro atoms. The highest BCUT2D eigenvalue weighted by atomic mass is 16.5. The molecule has 0 bridgehead atoms. The summed E-state index contributed by atoms with van der Waals surface area (Å²) < 4.78 is 6.08. The summed E-state index contributed by atoms with van der Waals surface area (Å²) in [7, 11) is 0. The van der Waals surface area contributed by atoms with Gasteiger partial charge in [0.2, 0.25) is 0 Å². The van der Waals surface area contributed by atoms with Crippen LogP contribution in [0.1, 0.15) is 81.8 Å². The molecule has 0 radical (unpaired) electrons. The first-order valence-electron chi connectivity index (χ1n) is 10.1. The molecule has 0 fully saturated rings. The molecule has 2 heteroatoms. The van der Waals surface area contributed by atoms with Crippen LogP contribution in [0.2, 0.25) is 0 Å². The number of aryl methyl sites for hydroxylation is 2. The third-order valence-corrected chi connectivity index (χ3v) is 4.96. The van der Waals surface area contributed by atoms with E-state index in [-0.39, 0.29) is 10.8 Å². The summed E-state index contributed by atoms with van der Waals surface area (Å²) >= 11 is 0. The van der Waals surface area contributed by atoms with E-state index < -0.39 is 0 Å². The highest BCUT2D eigenvalue weighted by Crippen LogP contribution is 2.40. The average molecular weight is 381 g/mol. The standard InChI is InChI=1S/C26H36O2/c1-10-11-28-24-20(13-18(3)15-22(24)26(7,8)9)16-19-12-17(2)14-21(23(19)27)25(4,5)6/h10-15,27H,16H2,1-9H3. The molecule has 0 unspecified atom stereocenters. The Kier molecular flexibility index (Phi) is 6.33. The summed E-state index contributed by atoms with van der Waals surface area (Å²) in [5.41, 5.74) is 6.44. The Morgan fingerprint density at radius 3 is 1.82 bits per heavy atom. The molecule has 28 heavy (non-hydrogen) atoms. The molecule has 0 saturated heterocycles. The van der Waals surface area contributed by atoms with E-state index in [4.69, 9.17) is 4.74 Å². The highest BCUT2D eigenvalue weighted by molar-refractivity contribution is 5.53. The largest absolute Gasteiger partial charge is 0.507 e. The molecule has 0 amide bonds. The van der Waals surface area contributed by atoms with Crippen LogP contribution in [0.25, 0.3) is 0 Å². The number of benzene rings is 2. The molecular weight excluding hydrogens is 344 g/mol. The predicted octanol–water partition coefficient (Wildman–Crippen LogP) is 7.11. The van der Waals surface area contributed by atoms with Gasteiger partial charge in [-0.15, -0.1) is 0 Å². The van der Waals surface area contributed by atoms with Gasteiger partial charge in [0.05, 0.1) is 6.26 Å². The summed E-state index contributed by atoms with van der Waals surface area (Å²) in [6.45, 7) is 19.2. The lowest BCUT2D eigenvalue weighted by Gasteiger charge is -2.26. The molecule has 2 aromatic rings. The second-order valence-electron chi connectivity index (χ2n) is 9.88. The summed E-state index contributed by atoms with van der Waals surface area (Å²) in [6.07, 6.45) is 4.27. The lowest BCUT2D eigenvalue weighted by Crippen LogP contribution is -2.15. The van der Waals surface area contributed by atoms with Gasteiger partial charge >= 0.3 is 0 Å². The number of phenols is 1. The Bertz CT molecular complexity index is 875. The molecule has 152 valence electrons. The zero-order chi connectivity index (χ0) is 21.3. The number of aromatic hydroxyl groups is 1. The van der Waals surface area contributed by atoms with Crippen LogP contribution >= 0.6 is 0 Å². The molecule has 0 atom stereocenters. The van der Waals surface area contributed by atoms with Gasteiger partial charge in [-0.3, -0.25) is 0 Å². The molecule has 0 aliphatic carbocycles. The van der Waals surface area contributed by atoms with Crippen LogP contribution in [0.4, 0.5) is 0 Å². The van der Waals surface area contributed by atoms with Gasteiger partial charge < -0.3 is 9.84 Å². The highest BCUT2D eigenvalue weighted by Gasteiger charge is 2.24. The lowest BCUT2D eigenvalue weighted by molar-refractivity contribution is 0.438. The maximum Gasteiger partial charge on any atom is 0.133 e. The third-order valence-electron chi connectivity index (χ3n) is 4.96. The normalized spacial score (nSPS) is 12.6. The predicted molar refractivity (Wildman–Crippen MR) is 120 cm³/mol. The Labute approximate surface area is 171 Å². The van der Waals surface area contributed by atoms with E-state index in [2.05, 4.69) is 79.7 Å². The molecule has 2 rings (SSSR count). The quantitative estimate of drug-likeness (QED) is 0.573. The summed E-state index contributed by atoms with van der Waals surface area (Å²) in [5, 5.41) is 11.0. The number of hydrogen-bond donors (Lipinski definition) is 1. The van der Waals surface area contributed by atoms with Crippen LogP contribution in [-0.4, -0.2) is 5.11 Å². The molecule has 0 aromatic heterocycles. The van der Waals surface area contributed by atoms with Crippen molar-refractivity contribution in [2.75, 3.05) is 0 Å². The summed E-state index contributed by atoms with van der Waals surface area (Å²) in [4.78, 5) is 0. The molecule has 2 aromatic carbocycles. The van der Waals surface area contributed by atoms with E-state index in [1.54, 1.807) is 6.26 Å². The summed E-state index contributed by atoms with van der Waals surface area (Å²) in [6, 6.07) is 8.56. The Morgan fingerprint density at radius 2 is 1.32 bits per heavy atom. The fourth-order valence-corrected chi connectivity index (χ4v) is 3.58. The summed E-state index contributed by atoms with van der Waals surface area (Å²) in [5.74, 6) is 1.29. The van der Waals surface area contributed by atoms with Crippen LogP contribution in [0.3, 0.4) is 0 Å². The smallest absolute Gasteiger partial charge is 0.133 e. The van der Waals surface area contributed by atoms with Gasteiger partial charge in [-0.2, -0.15) is 0 Å². The minimum absolute atomic E-state index is 0.0388. The monoisotopic (exact) mass is 380 g/mol. The van der Waals surface area contributed by atoms with Crippen molar-refractivity contribution in [1.82, 2.24) is 0 Å². The van der Waals surface area contributed by atoms with Crippen molar-refractivity contribution < 1.29 is 9.84 Å². The van der Waals surface area contributed by atoms with Crippen molar-refractivity contribution in [3.63, 3.8) is 0 Å². The first kappa shape index (κ1) is 22.1. The van der Waals surface area contributed by atoms with Gasteiger partial charge in [0, 0.05) is 12.0 Å². The maximum atomic E-state index is 11.0. The second-order valence-corrected chi connectivity index (χ2v) is 9.88. The van der Waals surface area contributed by atoms with Crippen LogP contribution in [0, 0.1) is 13.8 Å². The number of hydrogen-bond acceptors (Lipinski definition) is 2. The number of phenolic OH excluding ortho intramolecular Hbond substituents is 1. The minimum atomic E-state index is -0.113. The maximum absolute atomic E-state index is 11.0. The zero-order valence-corrected chi connectivity index (χ0v) is 19.0. The Morgan fingerprint density at radius 1 is 0.821 bits per heavy atom. The third kappa shape index (κ3) is 4.98. The van der Waals surface area contributed by atoms with E-state index in [1.807, 2.05) is 13.0 Å². The first-order valence-corrected chi connectivity index (χ1v) is 10.1. The SMILES string of the molecule is CC=COc1c(Cc2cc(C)cc(C(C)(C)C)c2O)cc(C)cc1C(C)(C)C. The molecular formula is C26H36O2. The van der Waals surface area contributed by atoms with Crippen molar-refractivity contribution in [1.29, 1.82) is 0 Å². The van der Waals surface area contributed by atoms with Gasteiger partial charge in [-0.25, -0.2) is 0 Å². The van der Waals surface area contributed by atoms with Crippen molar-refractivity contribution in [2.45, 2.75) is 79.6 Å². The topological polar surface area (TPSA) is 29.5 Å². The average Bonchev–Trinajstić information content (AvgIpc) is 2.54. The van der Waals surface area contributed by atoms with E-state index >= 15 is 0 Å². The zero-order valence-electron chi connectivity index (χ0n) is 19.0. The number of allylic oxidation sites excluding steroid dienone is 1. The molecule has 0 saturated carbocycles. The first-order chi connectivity index (χ1) is 12.8. The molecule has 0 heterocycles. The molecule has 1 N–H and O–H groups in total. The second kappa shape index (κ2) is 8.03. The van der Waals surface area contributed by atoms with Gasteiger partial charge in [0.25, 0.3) is 0 Å². The Hall–Kier alpha value is -2.22. The van der Waals surface area contributed by atoms with E-state index in [0.717, 1.165) is 28.0 Å². The van der Waals surface area contributed by atoms with Crippen molar-refractivity contribution in [3.8, 4) is 11.5 Å². The van der Waals surface area contributed by atoms with Gasteiger partial charge in [0.1, 0.15) is 11.5 Å². The van der Waals surface area contributed by atoms with Crippen molar-refractivity contribution >= 4 is 0 Å². The lowest BCUT2D eigenvalue weighted by atomic mass is 9.81. The van der Waals surface area contributed by atoms with Crippen molar-refractivity contribution in [2.24, 2.45) is 0 Å². The van der Waals surface area contributed by atoms with Gasteiger partial charge in [-0.1, -0.05) is 83.0 Å². The fraction of sp³-hybridized carbons (Fsp3) is 0.462. The molecule has 2 nitrogen and oxygen atoms in total. The minimum Gasteiger partial charge on any atom is -0.507 e. The number of rotatable bonds is 4. The van der Waals surface area contributed by atoms with Crippen molar-refractivity contribution in [3.05, 3.63) is 70.0 Å². The molecule has 0 aliphatic heterocycles. The van der Waals surface area contributed by atoms with Gasteiger partial charge in [0.15, 0.2) is 0 Å². The van der Waals surface area contributed by atoms with Gasteiger partial charge in [-0.05, 0) is 48.3 Å². The molecule has 0 aliphatic rings. The van der Waals surface area contributed by atoms with E-state index in [0.29, 0.717) is 12.2 Å². The number of ether oxygens (including phenoxy) is 1. The van der Waals surface area contributed by atoms with E-state index in [1.165, 1.54) is 11.1 Å².